The van der Waals surface area contributed by atoms with Crippen LogP contribution >= 0.6 is 0 Å². The van der Waals surface area contributed by atoms with Crippen molar-refractivity contribution in [3.63, 3.8) is 0 Å². The van der Waals surface area contributed by atoms with Crippen LogP contribution in [0.4, 0.5) is 0 Å². The lowest BCUT2D eigenvalue weighted by Gasteiger charge is -2.29. The fourth-order valence-corrected chi connectivity index (χ4v) is 3.95. The van der Waals surface area contributed by atoms with E-state index in [1.807, 2.05) is 18.2 Å². The second kappa shape index (κ2) is 12.6. The molecular weight excluding hydrogens is 324 g/mol. The Balaban J connectivity index is 2.68. The van der Waals surface area contributed by atoms with Crippen LogP contribution < -0.4 is 0 Å². The highest BCUT2D eigenvalue weighted by Gasteiger charge is 2.47. The largest absolute Gasteiger partial charge is 0.681 e. The number of hydrogen-bond acceptors (Lipinski definition) is 5. The van der Waals surface area contributed by atoms with Gasteiger partial charge >= 0.3 is 9.05 Å². The molecule has 0 fully saturated rings. The predicted molar refractivity (Wildman–Crippen MR) is 96.2 cm³/mol. The first-order valence-corrected chi connectivity index (χ1v) is 10.5. The van der Waals surface area contributed by atoms with Gasteiger partial charge in [0.25, 0.3) is 0 Å². The summed E-state index contributed by atoms with van der Waals surface area (Å²) in [7, 11) is -1.85. The maximum atomic E-state index is 10.4. The van der Waals surface area contributed by atoms with E-state index in [9.17, 15) is 5.11 Å². The predicted octanol–water partition coefficient (Wildman–Crippen LogP) is 4.19. The van der Waals surface area contributed by atoms with E-state index >= 15 is 0 Å². The molecule has 0 amide bonds. The molecular formula is C18H32O5Si. The van der Waals surface area contributed by atoms with Gasteiger partial charge in [-0.2, -0.15) is 0 Å². The summed E-state index contributed by atoms with van der Waals surface area (Å²) in [4.78, 5) is 0. The third-order valence-corrected chi connectivity index (χ3v) is 5.77. The van der Waals surface area contributed by atoms with E-state index in [1.54, 1.807) is 12.1 Å². The zero-order valence-electron chi connectivity index (χ0n) is 15.2. The quantitative estimate of drug-likeness (QED) is 0.308. The Hall–Kier alpha value is -0.763. The van der Waals surface area contributed by atoms with Crippen molar-refractivity contribution >= 4 is 9.05 Å². The first kappa shape index (κ1) is 21.3. The van der Waals surface area contributed by atoms with E-state index in [4.69, 9.17) is 17.7 Å². The van der Waals surface area contributed by atoms with Gasteiger partial charge in [0.2, 0.25) is 0 Å². The van der Waals surface area contributed by atoms with Crippen molar-refractivity contribution in [1.82, 2.24) is 0 Å². The summed E-state index contributed by atoms with van der Waals surface area (Å²) in [6, 6.07) is 9.19. The molecule has 0 aromatic heterocycles. The Morgan fingerprint density at radius 1 is 0.917 bits per heavy atom. The van der Waals surface area contributed by atoms with Crippen molar-refractivity contribution in [2.45, 2.75) is 58.7 Å². The van der Waals surface area contributed by atoms with Gasteiger partial charge in [0.1, 0.15) is 0 Å². The van der Waals surface area contributed by atoms with Crippen LogP contribution in [-0.4, -0.2) is 34.5 Å². The van der Waals surface area contributed by atoms with Crippen molar-refractivity contribution in [3.05, 3.63) is 35.9 Å². The first-order valence-electron chi connectivity index (χ1n) is 8.91. The lowest BCUT2D eigenvalue weighted by molar-refractivity contribution is -0.120. The van der Waals surface area contributed by atoms with Crippen LogP contribution in [-0.2, 0) is 17.7 Å². The molecule has 5 nitrogen and oxygen atoms in total. The highest BCUT2D eigenvalue weighted by Crippen LogP contribution is 2.23. The molecule has 1 atom stereocenters. The van der Waals surface area contributed by atoms with E-state index < -0.39 is 15.3 Å². The average Bonchev–Trinajstić information content (AvgIpc) is 2.62. The molecule has 0 radical (unpaired) electrons. The number of hydrogen-bond donors (Lipinski definition) is 1. The van der Waals surface area contributed by atoms with Crippen molar-refractivity contribution in [1.29, 1.82) is 0 Å². The summed E-state index contributed by atoms with van der Waals surface area (Å²) in [5, 5.41) is 10.4. The normalized spacial score (nSPS) is 13.2. The standard InChI is InChI=1S/C18H32O5Si/c1-4-6-11-15-21-24(20-3,22-16-12-7-5-2)23-18(19)17-13-9-8-10-14-17/h8-10,13-14,18-19H,4-7,11-12,15-16H2,1-3H3. The van der Waals surface area contributed by atoms with Crippen LogP contribution in [0.15, 0.2) is 30.3 Å². The van der Waals surface area contributed by atoms with E-state index in [1.165, 1.54) is 7.11 Å². The number of aliphatic hydroxyl groups is 1. The minimum atomic E-state index is -3.37. The molecule has 24 heavy (non-hydrogen) atoms. The Morgan fingerprint density at radius 2 is 1.46 bits per heavy atom. The van der Waals surface area contributed by atoms with Crippen LogP contribution in [0.1, 0.15) is 64.2 Å². The summed E-state index contributed by atoms with van der Waals surface area (Å²) in [6.45, 7) is 5.28. The average molecular weight is 357 g/mol. The minimum Gasteiger partial charge on any atom is -0.365 e. The summed E-state index contributed by atoms with van der Waals surface area (Å²) in [6.07, 6.45) is 5.06. The van der Waals surface area contributed by atoms with Gasteiger partial charge in [-0.15, -0.1) is 0 Å². The molecule has 138 valence electrons. The van der Waals surface area contributed by atoms with Gasteiger partial charge in [-0.05, 0) is 12.8 Å². The highest BCUT2D eigenvalue weighted by molar-refractivity contribution is 6.53. The molecule has 0 heterocycles. The monoisotopic (exact) mass is 356 g/mol. The molecule has 1 rings (SSSR count). The minimum absolute atomic E-state index is 0.503. The maximum absolute atomic E-state index is 10.4. The second-order valence-corrected chi connectivity index (χ2v) is 7.92. The summed E-state index contributed by atoms with van der Waals surface area (Å²) in [5.41, 5.74) is 0.653. The smallest absolute Gasteiger partial charge is 0.365 e. The van der Waals surface area contributed by atoms with Gasteiger partial charge in [-0.1, -0.05) is 69.9 Å². The summed E-state index contributed by atoms with van der Waals surface area (Å²) >= 11 is 0. The zero-order chi connectivity index (χ0) is 17.7. The van der Waals surface area contributed by atoms with E-state index in [0.717, 1.165) is 38.5 Å². The SMILES string of the molecule is CCCCCO[Si](OC)(OCCCCC)OC(O)c1ccccc1. The molecule has 1 N–H and O–H groups in total. The third kappa shape index (κ3) is 7.87. The Kier molecular flexibility index (Phi) is 11.2. The molecule has 1 aromatic rings. The maximum Gasteiger partial charge on any atom is 0.681 e. The number of rotatable bonds is 14. The van der Waals surface area contributed by atoms with Crippen LogP contribution in [0.25, 0.3) is 0 Å². The Bertz CT molecular complexity index is 403. The Labute approximate surface area is 147 Å². The fraction of sp³-hybridized carbons (Fsp3) is 0.667. The van der Waals surface area contributed by atoms with E-state index in [0.29, 0.717) is 18.8 Å². The van der Waals surface area contributed by atoms with Gasteiger partial charge < -0.3 is 22.8 Å². The first-order chi connectivity index (χ1) is 11.7. The fourth-order valence-electron chi connectivity index (χ4n) is 2.20. The van der Waals surface area contributed by atoms with Crippen molar-refractivity contribution in [2.75, 3.05) is 20.3 Å². The lowest BCUT2D eigenvalue weighted by atomic mass is 10.2. The van der Waals surface area contributed by atoms with Crippen LogP contribution in [0, 0.1) is 0 Å². The summed E-state index contributed by atoms with van der Waals surface area (Å²) in [5.74, 6) is 0. The number of aliphatic hydroxyl groups excluding tert-OH is 1. The van der Waals surface area contributed by atoms with E-state index in [2.05, 4.69) is 13.8 Å². The van der Waals surface area contributed by atoms with Gasteiger partial charge in [-0.3, -0.25) is 0 Å². The molecule has 6 heteroatoms. The topological polar surface area (TPSA) is 57.2 Å². The van der Waals surface area contributed by atoms with Crippen LogP contribution in [0.5, 0.6) is 0 Å². The van der Waals surface area contributed by atoms with Crippen molar-refractivity contribution in [2.24, 2.45) is 0 Å². The van der Waals surface area contributed by atoms with Crippen LogP contribution in [0.2, 0.25) is 0 Å². The second-order valence-electron chi connectivity index (χ2n) is 5.70. The van der Waals surface area contributed by atoms with Gasteiger partial charge in [0, 0.05) is 25.9 Å². The molecule has 0 aliphatic carbocycles. The number of benzene rings is 1. The highest BCUT2D eigenvalue weighted by atomic mass is 28.4. The molecule has 0 bridgehead atoms. The molecule has 0 saturated heterocycles. The summed E-state index contributed by atoms with van der Waals surface area (Å²) < 4.78 is 23.0. The molecule has 0 spiro atoms. The van der Waals surface area contributed by atoms with Gasteiger partial charge in [0.15, 0.2) is 6.29 Å². The van der Waals surface area contributed by atoms with Gasteiger partial charge in [0.05, 0.1) is 0 Å². The molecule has 0 saturated carbocycles. The van der Waals surface area contributed by atoms with Crippen LogP contribution in [0.3, 0.4) is 0 Å². The molecule has 0 aliphatic rings. The molecule has 1 unspecified atom stereocenters. The van der Waals surface area contributed by atoms with Gasteiger partial charge in [-0.25, -0.2) is 0 Å². The van der Waals surface area contributed by atoms with Crippen molar-refractivity contribution in [3.8, 4) is 0 Å². The molecule has 1 aromatic carbocycles. The third-order valence-electron chi connectivity index (χ3n) is 3.64. The lowest BCUT2D eigenvalue weighted by Crippen LogP contribution is -2.49. The Morgan fingerprint density at radius 3 is 1.92 bits per heavy atom. The van der Waals surface area contributed by atoms with Crippen molar-refractivity contribution < 1.29 is 22.8 Å². The zero-order valence-corrected chi connectivity index (χ0v) is 16.2. The number of unbranched alkanes of at least 4 members (excludes halogenated alkanes) is 4. The molecule has 0 aliphatic heterocycles. The van der Waals surface area contributed by atoms with E-state index in [-0.39, 0.29) is 0 Å².